The Kier molecular flexibility index (Phi) is 6.19. The number of ketones is 1. The molecule has 0 aliphatic carbocycles. The Morgan fingerprint density at radius 3 is 2.49 bits per heavy atom. The van der Waals surface area contributed by atoms with E-state index in [-0.39, 0.29) is 30.1 Å². The third kappa shape index (κ3) is 4.48. The van der Waals surface area contributed by atoms with Crippen LogP contribution >= 0.6 is 0 Å². The van der Waals surface area contributed by atoms with Crippen molar-refractivity contribution in [3.63, 3.8) is 0 Å². The first-order chi connectivity index (χ1) is 16.9. The molecule has 7 heteroatoms. The molecule has 1 saturated heterocycles. The van der Waals surface area contributed by atoms with Gasteiger partial charge in [0.1, 0.15) is 11.4 Å². The fourth-order valence-electron chi connectivity index (χ4n) is 5.44. The number of aryl methyl sites for hydroxylation is 1. The van der Waals surface area contributed by atoms with Crippen LogP contribution in [-0.4, -0.2) is 35.5 Å². The van der Waals surface area contributed by atoms with Gasteiger partial charge in [0, 0.05) is 24.5 Å². The lowest BCUT2D eigenvalue weighted by Crippen LogP contribution is -2.57. The van der Waals surface area contributed by atoms with E-state index in [9.17, 15) is 9.59 Å². The second kappa shape index (κ2) is 9.30. The summed E-state index contributed by atoms with van der Waals surface area (Å²) >= 11 is 0. The lowest BCUT2D eigenvalue weighted by molar-refractivity contribution is -0.0349. The number of rotatable bonds is 5. The van der Waals surface area contributed by atoms with Crippen molar-refractivity contribution < 1.29 is 18.8 Å². The molecular formula is C28H31N3O4. The van der Waals surface area contributed by atoms with Crippen molar-refractivity contribution in [1.82, 2.24) is 15.8 Å². The number of ether oxygens (including phenoxy) is 1. The van der Waals surface area contributed by atoms with Gasteiger partial charge >= 0.3 is 0 Å². The molecule has 5 rings (SSSR count). The number of nitrogens with one attached hydrogen (secondary N) is 2. The third-order valence-electron chi connectivity index (χ3n) is 7.10. The molecule has 0 bridgehead atoms. The van der Waals surface area contributed by atoms with Gasteiger partial charge < -0.3 is 19.9 Å². The highest BCUT2D eigenvalue weighted by molar-refractivity contribution is 6.03. The first-order valence-electron chi connectivity index (χ1n) is 12.3. The fourth-order valence-corrected chi connectivity index (χ4v) is 5.44. The molecule has 0 saturated carbocycles. The van der Waals surface area contributed by atoms with Crippen molar-refractivity contribution in [2.75, 3.05) is 13.1 Å². The Morgan fingerprint density at radius 2 is 1.83 bits per heavy atom. The highest BCUT2D eigenvalue weighted by atomic mass is 16.5. The molecule has 182 valence electrons. The number of hydrogen-bond donors (Lipinski definition) is 2. The number of nitrogens with zero attached hydrogens (tertiary/aromatic N) is 1. The number of hydrogen-bond acceptors (Lipinski definition) is 6. The van der Waals surface area contributed by atoms with E-state index in [2.05, 4.69) is 29.6 Å². The van der Waals surface area contributed by atoms with E-state index in [4.69, 9.17) is 9.26 Å². The Morgan fingerprint density at radius 1 is 1.11 bits per heavy atom. The normalized spacial score (nSPS) is 18.9. The van der Waals surface area contributed by atoms with Crippen molar-refractivity contribution in [3.8, 4) is 16.9 Å². The Bertz CT molecular complexity index is 1240. The van der Waals surface area contributed by atoms with Gasteiger partial charge in [0.15, 0.2) is 11.5 Å². The summed E-state index contributed by atoms with van der Waals surface area (Å²) < 4.78 is 11.7. The van der Waals surface area contributed by atoms with Crippen LogP contribution in [0.4, 0.5) is 0 Å². The molecule has 0 radical (unpaired) electrons. The van der Waals surface area contributed by atoms with Crippen LogP contribution in [0.25, 0.3) is 11.1 Å². The van der Waals surface area contributed by atoms with Gasteiger partial charge in [-0.15, -0.1) is 0 Å². The quantitative estimate of drug-likeness (QED) is 0.565. The molecule has 1 atom stereocenters. The van der Waals surface area contributed by atoms with Gasteiger partial charge in [-0.25, -0.2) is 0 Å². The van der Waals surface area contributed by atoms with E-state index in [1.807, 2.05) is 37.3 Å². The summed E-state index contributed by atoms with van der Waals surface area (Å²) in [6.07, 6.45) is 1.67. The molecule has 2 aliphatic heterocycles. The van der Waals surface area contributed by atoms with Gasteiger partial charge in [-0.1, -0.05) is 37.2 Å². The SMILES string of the molecule is Cc1cc(CNC(=O)c2ccc(-c3ccc4c(c3)C(=O)C(C(C)C)C3(CCNCC3)O4)cc2)on1. The summed E-state index contributed by atoms with van der Waals surface area (Å²) in [6.45, 7) is 8.06. The summed E-state index contributed by atoms with van der Waals surface area (Å²) in [5.41, 5.74) is 3.41. The Labute approximate surface area is 205 Å². The summed E-state index contributed by atoms with van der Waals surface area (Å²) in [6, 6.07) is 15.0. The van der Waals surface area contributed by atoms with Crippen molar-refractivity contribution in [2.24, 2.45) is 11.8 Å². The van der Waals surface area contributed by atoms with Crippen molar-refractivity contribution in [2.45, 2.75) is 45.8 Å². The predicted octanol–water partition coefficient (Wildman–Crippen LogP) is 4.55. The molecule has 2 aliphatic rings. The molecule has 1 spiro atoms. The third-order valence-corrected chi connectivity index (χ3v) is 7.10. The average Bonchev–Trinajstić information content (AvgIpc) is 3.28. The largest absolute Gasteiger partial charge is 0.486 e. The topological polar surface area (TPSA) is 93.5 Å². The van der Waals surface area contributed by atoms with Gasteiger partial charge in [0.05, 0.1) is 23.7 Å². The van der Waals surface area contributed by atoms with Crippen LogP contribution < -0.4 is 15.4 Å². The van der Waals surface area contributed by atoms with Crippen molar-refractivity contribution in [3.05, 3.63) is 71.1 Å². The van der Waals surface area contributed by atoms with E-state index >= 15 is 0 Å². The number of benzene rings is 2. The number of aromatic nitrogens is 1. The van der Waals surface area contributed by atoms with Crippen LogP contribution in [0.3, 0.4) is 0 Å². The van der Waals surface area contributed by atoms with E-state index < -0.39 is 5.60 Å². The molecule has 35 heavy (non-hydrogen) atoms. The summed E-state index contributed by atoms with van der Waals surface area (Å²) in [4.78, 5) is 26.2. The smallest absolute Gasteiger partial charge is 0.251 e. The lowest BCUT2D eigenvalue weighted by atomic mass is 9.69. The van der Waals surface area contributed by atoms with Gasteiger partial charge in [-0.05, 0) is 61.3 Å². The zero-order valence-electron chi connectivity index (χ0n) is 20.4. The van der Waals surface area contributed by atoms with Gasteiger partial charge in [0.25, 0.3) is 5.91 Å². The maximum Gasteiger partial charge on any atom is 0.251 e. The predicted molar refractivity (Wildman–Crippen MR) is 132 cm³/mol. The molecule has 7 nitrogen and oxygen atoms in total. The number of fused-ring (bicyclic) bond motifs is 1. The molecular weight excluding hydrogens is 442 g/mol. The maximum absolute atomic E-state index is 13.7. The number of carbonyl (C=O) groups is 2. The van der Waals surface area contributed by atoms with Crippen molar-refractivity contribution in [1.29, 1.82) is 0 Å². The van der Waals surface area contributed by atoms with E-state index in [1.165, 1.54) is 0 Å². The van der Waals surface area contributed by atoms with E-state index in [1.54, 1.807) is 18.2 Å². The molecule has 3 heterocycles. The first-order valence-corrected chi connectivity index (χ1v) is 12.3. The minimum Gasteiger partial charge on any atom is -0.486 e. The molecule has 1 fully saturated rings. The van der Waals surface area contributed by atoms with Crippen LogP contribution in [0.1, 0.15) is 58.9 Å². The van der Waals surface area contributed by atoms with Crippen LogP contribution in [0.2, 0.25) is 0 Å². The number of Topliss-reactive ketones (excluding diaryl/α,β-unsaturated/α-hetero) is 1. The van der Waals surface area contributed by atoms with Crippen LogP contribution in [0.5, 0.6) is 5.75 Å². The summed E-state index contributed by atoms with van der Waals surface area (Å²) in [5, 5.41) is 10.1. The minimum absolute atomic E-state index is 0.161. The average molecular weight is 474 g/mol. The second-order valence-electron chi connectivity index (χ2n) is 9.91. The van der Waals surface area contributed by atoms with Gasteiger partial charge in [0.2, 0.25) is 0 Å². The molecule has 2 aromatic carbocycles. The number of amides is 1. The van der Waals surface area contributed by atoms with Crippen molar-refractivity contribution >= 4 is 11.7 Å². The molecule has 3 aromatic rings. The maximum atomic E-state index is 13.7. The highest BCUT2D eigenvalue weighted by Gasteiger charge is 2.51. The minimum atomic E-state index is -0.426. The summed E-state index contributed by atoms with van der Waals surface area (Å²) in [5.74, 6) is 1.30. The standard InChI is InChI=1S/C28H31N3O4/c1-17(2)25-26(32)23-15-21(8-9-24(23)34-28(25)10-12-29-13-11-28)19-4-6-20(7-5-19)27(33)30-16-22-14-18(3)31-35-22/h4-9,14-15,17,25,29H,10-13,16H2,1-3H3,(H,30,33). The van der Waals surface area contributed by atoms with Crippen LogP contribution in [0, 0.1) is 18.8 Å². The number of carbonyl (C=O) groups excluding carboxylic acids is 2. The highest BCUT2D eigenvalue weighted by Crippen LogP contribution is 2.45. The fraction of sp³-hybridized carbons (Fsp3) is 0.393. The molecule has 1 aromatic heterocycles. The molecule has 1 unspecified atom stereocenters. The Balaban J connectivity index is 1.35. The lowest BCUT2D eigenvalue weighted by Gasteiger charge is -2.47. The Hall–Kier alpha value is -3.45. The number of piperidine rings is 1. The van der Waals surface area contributed by atoms with Crippen LogP contribution in [0.15, 0.2) is 53.1 Å². The zero-order chi connectivity index (χ0) is 24.6. The second-order valence-corrected chi connectivity index (χ2v) is 9.91. The van der Waals surface area contributed by atoms with Crippen LogP contribution in [-0.2, 0) is 6.54 Å². The van der Waals surface area contributed by atoms with E-state index in [0.29, 0.717) is 22.6 Å². The summed E-state index contributed by atoms with van der Waals surface area (Å²) in [7, 11) is 0. The zero-order valence-corrected chi connectivity index (χ0v) is 20.4. The van der Waals surface area contributed by atoms with Gasteiger partial charge in [-0.2, -0.15) is 0 Å². The molecule has 1 amide bonds. The first kappa shape index (κ1) is 23.3. The van der Waals surface area contributed by atoms with Gasteiger partial charge in [-0.3, -0.25) is 9.59 Å². The molecule has 2 N–H and O–H groups in total. The van der Waals surface area contributed by atoms with E-state index in [0.717, 1.165) is 42.8 Å². The monoisotopic (exact) mass is 473 g/mol.